The number of benzene rings is 2. The van der Waals surface area contributed by atoms with Gasteiger partial charge in [0.1, 0.15) is 0 Å². The van der Waals surface area contributed by atoms with E-state index in [0.717, 1.165) is 0 Å². The number of para-hydroxylation sites is 1. The van der Waals surface area contributed by atoms with Crippen molar-refractivity contribution in [1.29, 1.82) is 0 Å². The van der Waals surface area contributed by atoms with Crippen LogP contribution in [0.5, 0.6) is 0 Å². The molecule has 6 nitrogen and oxygen atoms in total. The summed E-state index contributed by atoms with van der Waals surface area (Å²) < 4.78 is 7.08. The van der Waals surface area contributed by atoms with Gasteiger partial charge >= 0.3 is 0 Å². The van der Waals surface area contributed by atoms with Gasteiger partial charge in [0, 0.05) is 5.56 Å². The number of nitrogens with one attached hydrogen (secondary N) is 2. The van der Waals surface area contributed by atoms with Gasteiger partial charge in [-0.3, -0.25) is 9.36 Å². The molecule has 24 heavy (non-hydrogen) atoms. The number of aromatic amines is 2. The van der Waals surface area contributed by atoms with Crippen molar-refractivity contribution in [2.45, 2.75) is 0 Å². The highest BCUT2D eigenvalue weighted by molar-refractivity contribution is 7.71. The standard InChI is InChI=1S/C16H10N4O2S2/c21-14-11-6-1-2-7-12(11)17-15(23)20(14)10-5-3-4-9(8-10)13-18-19-16(24)22-13/h1-8H,(H,17,23)(H,19,24). The van der Waals surface area contributed by atoms with Crippen molar-refractivity contribution in [3.63, 3.8) is 0 Å². The van der Waals surface area contributed by atoms with Gasteiger partial charge < -0.3 is 9.40 Å². The van der Waals surface area contributed by atoms with E-state index in [2.05, 4.69) is 15.2 Å². The first kappa shape index (κ1) is 14.7. The van der Waals surface area contributed by atoms with Crippen LogP contribution in [0, 0.1) is 9.61 Å². The molecule has 0 atom stereocenters. The number of fused-ring (bicyclic) bond motifs is 1. The zero-order chi connectivity index (χ0) is 16.7. The first-order chi connectivity index (χ1) is 11.6. The van der Waals surface area contributed by atoms with Crippen LogP contribution in [0.3, 0.4) is 0 Å². The average Bonchev–Trinajstić information content (AvgIpc) is 3.02. The summed E-state index contributed by atoms with van der Waals surface area (Å²) in [4.78, 5) is 16.1. The number of hydrogen-bond donors (Lipinski definition) is 2. The van der Waals surface area contributed by atoms with E-state index in [1.165, 1.54) is 4.57 Å². The van der Waals surface area contributed by atoms with Crippen molar-refractivity contribution in [3.8, 4) is 17.1 Å². The van der Waals surface area contributed by atoms with Crippen molar-refractivity contribution in [2.24, 2.45) is 0 Å². The molecule has 0 bridgehead atoms. The molecule has 2 aromatic carbocycles. The van der Waals surface area contributed by atoms with Crippen LogP contribution in [0.15, 0.2) is 57.7 Å². The van der Waals surface area contributed by atoms with Crippen LogP contribution in [0.4, 0.5) is 0 Å². The van der Waals surface area contributed by atoms with Crippen molar-refractivity contribution < 1.29 is 4.42 Å². The lowest BCUT2D eigenvalue weighted by Gasteiger charge is -2.08. The molecule has 2 aromatic heterocycles. The van der Waals surface area contributed by atoms with Crippen molar-refractivity contribution in [3.05, 3.63) is 68.5 Å². The summed E-state index contributed by atoms with van der Waals surface area (Å²) in [5.41, 5.74) is 1.83. The van der Waals surface area contributed by atoms with Crippen molar-refractivity contribution in [1.82, 2.24) is 19.7 Å². The molecule has 0 amide bonds. The highest BCUT2D eigenvalue weighted by Gasteiger charge is 2.10. The van der Waals surface area contributed by atoms with Crippen LogP contribution in [0.2, 0.25) is 0 Å². The fourth-order valence-electron chi connectivity index (χ4n) is 2.53. The molecule has 8 heteroatoms. The largest absolute Gasteiger partial charge is 0.409 e. The normalized spacial score (nSPS) is 11.0. The lowest BCUT2D eigenvalue weighted by atomic mass is 10.2. The van der Waals surface area contributed by atoms with Gasteiger partial charge in [0.2, 0.25) is 5.89 Å². The van der Waals surface area contributed by atoms with Crippen LogP contribution in [-0.4, -0.2) is 19.7 Å². The summed E-state index contributed by atoms with van der Waals surface area (Å²) in [5.74, 6) is 0.352. The zero-order valence-electron chi connectivity index (χ0n) is 12.1. The Hall–Kier alpha value is -2.84. The quantitative estimate of drug-likeness (QED) is 0.536. The molecule has 0 radical (unpaired) electrons. The van der Waals surface area contributed by atoms with Gasteiger partial charge in [-0.1, -0.05) is 18.2 Å². The molecule has 0 aliphatic carbocycles. The lowest BCUT2D eigenvalue weighted by Crippen LogP contribution is -2.20. The topological polar surface area (TPSA) is 79.6 Å². The Kier molecular flexibility index (Phi) is 3.47. The Morgan fingerprint density at radius 2 is 1.92 bits per heavy atom. The Morgan fingerprint density at radius 3 is 2.71 bits per heavy atom. The number of H-pyrrole nitrogens is 2. The average molecular weight is 354 g/mol. The fourth-order valence-corrected chi connectivity index (χ4v) is 2.95. The minimum Gasteiger partial charge on any atom is -0.409 e. The maximum atomic E-state index is 12.8. The highest BCUT2D eigenvalue weighted by Crippen LogP contribution is 2.20. The van der Waals surface area contributed by atoms with E-state index in [4.69, 9.17) is 28.9 Å². The van der Waals surface area contributed by atoms with Gasteiger partial charge in [0.25, 0.3) is 10.4 Å². The zero-order valence-corrected chi connectivity index (χ0v) is 13.8. The summed E-state index contributed by atoms with van der Waals surface area (Å²) in [6.45, 7) is 0. The molecule has 4 rings (SSSR count). The van der Waals surface area contributed by atoms with E-state index >= 15 is 0 Å². The predicted molar refractivity (Wildman–Crippen MR) is 95.4 cm³/mol. The van der Waals surface area contributed by atoms with Gasteiger partial charge in [-0.25, -0.2) is 5.10 Å². The van der Waals surface area contributed by atoms with E-state index in [-0.39, 0.29) is 10.4 Å². The van der Waals surface area contributed by atoms with E-state index in [9.17, 15) is 4.79 Å². The summed E-state index contributed by atoms with van der Waals surface area (Å²) in [5, 5.41) is 7.14. The minimum atomic E-state index is -0.186. The van der Waals surface area contributed by atoms with Crippen LogP contribution in [0.25, 0.3) is 28.0 Å². The molecule has 2 N–H and O–H groups in total. The Morgan fingerprint density at radius 1 is 1.08 bits per heavy atom. The Bertz CT molecular complexity index is 1230. The molecule has 0 unspecified atom stereocenters. The highest BCUT2D eigenvalue weighted by atomic mass is 32.1. The summed E-state index contributed by atoms with van der Waals surface area (Å²) in [6.07, 6.45) is 0. The minimum absolute atomic E-state index is 0.186. The van der Waals surface area contributed by atoms with Crippen LogP contribution >= 0.6 is 24.4 Å². The molecular formula is C16H10N4O2S2. The Labute approximate surface area is 145 Å². The molecule has 0 fully saturated rings. The first-order valence-corrected chi connectivity index (χ1v) is 7.85. The van der Waals surface area contributed by atoms with E-state index in [0.29, 0.717) is 32.8 Å². The van der Waals surface area contributed by atoms with E-state index in [1.807, 2.05) is 24.3 Å². The number of aromatic nitrogens is 4. The number of hydrogen-bond acceptors (Lipinski definition) is 5. The second-order valence-corrected chi connectivity index (χ2v) is 5.84. The molecule has 0 spiro atoms. The first-order valence-electron chi connectivity index (χ1n) is 7.04. The van der Waals surface area contributed by atoms with E-state index < -0.39 is 0 Å². The summed E-state index contributed by atoms with van der Waals surface area (Å²) >= 11 is 10.3. The third-order valence-electron chi connectivity index (χ3n) is 3.59. The monoisotopic (exact) mass is 354 g/mol. The van der Waals surface area contributed by atoms with Gasteiger partial charge in [0.05, 0.1) is 16.6 Å². The summed E-state index contributed by atoms with van der Waals surface area (Å²) in [6, 6.07) is 14.4. The predicted octanol–water partition coefficient (Wildman–Crippen LogP) is 3.76. The fraction of sp³-hybridized carbons (Fsp3) is 0. The van der Waals surface area contributed by atoms with Gasteiger partial charge in [-0.2, -0.15) is 0 Å². The van der Waals surface area contributed by atoms with Crippen LogP contribution < -0.4 is 5.56 Å². The lowest BCUT2D eigenvalue weighted by molar-refractivity contribution is 0.552. The van der Waals surface area contributed by atoms with Crippen LogP contribution in [0.1, 0.15) is 0 Å². The molecule has 4 aromatic rings. The van der Waals surface area contributed by atoms with Gasteiger partial charge in [-0.05, 0) is 54.8 Å². The number of rotatable bonds is 2. The molecule has 0 saturated heterocycles. The van der Waals surface area contributed by atoms with Gasteiger partial charge in [-0.15, -0.1) is 5.10 Å². The third-order valence-corrected chi connectivity index (χ3v) is 4.05. The summed E-state index contributed by atoms with van der Waals surface area (Å²) in [7, 11) is 0. The number of nitrogens with zero attached hydrogens (tertiary/aromatic N) is 2. The van der Waals surface area contributed by atoms with E-state index in [1.54, 1.807) is 24.3 Å². The third kappa shape index (κ3) is 2.41. The molecular weight excluding hydrogens is 344 g/mol. The molecule has 2 heterocycles. The van der Waals surface area contributed by atoms with Crippen molar-refractivity contribution >= 4 is 35.3 Å². The maximum Gasteiger partial charge on any atom is 0.284 e. The molecule has 0 aliphatic heterocycles. The molecule has 118 valence electrons. The Balaban J connectivity index is 1.97. The maximum absolute atomic E-state index is 12.8. The second-order valence-electron chi connectivity index (χ2n) is 5.08. The smallest absolute Gasteiger partial charge is 0.284 e. The van der Waals surface area contributed by atoms with Crippen molar-refractivity contribution in [2.75, 3.05) is 0 Å². The molecule has 0 saturated carbocycles. The SMILES string of the molecule is O=c1c2ccccc2[nH]c(=S)n1-c1cccc(-c2n[nH]c(=S)o2)c1. The second kappa shape index (κ2) is 5.66. The molecule has 0 aliphatic rings. The van der Waals surface area contributed by atoms with Gasteiger partial charge in [0.15, 0.2) is 4.77 Å². The van der Waals surface area contributed by atoms with Crippen LogP contribution in [-0.2, 0) is 0 Å².